The first kappa shape index (κ1) is 17.1. The number of rotatable bonds is 10. The summed E-state index contributed by atoms with van der Waals surface area (Å²) in [6.07, 6.45) is 11.7. The van der Waals surface area contributed by atoms with Crippen molar-refractivity contribution < 1.29 is 5.11 Å². The number of unbranched alkanes of at least 4 members (excludes halogenated alkanes) is 4. The van der Waals surface area contributed by atoms with E-state index in [4.69, 9.17) is 0 Å². The van der Waals surface area contributed by atoms with Crippen LogP contribution in [0.4, 0.5) is 0 Å². The monoisotopic (exact) mass is 276 g/mol. The van der Waals surface area contributed by atoms with E-state index in [0.29, 0.717) is 5.75 Å². The van der Waals surface area contributed by atoms with Gasteiger partial charge in [0.2, 0.25) is 0 Å². The van der Waals surface area contributed by atoms with E-state index in [1.807, 2.05) is 0 Å². The lowest BCUT2D eigenvalue weighted by molar-refractivity contribution is 0.458. The Morgan fingerprint density at radius 3 is 1.65 bits per heavy atom. The van der Waals surface area contributed by atoms with E-state index in [1.165, 1.54) is 61.6 Å². The Balaban J connectivity index is 2.86. The molecule has 0 bridgehead atoms. The van der Waals surface area contributed by atoms with Crippen molar-refractivity contribution in [2.75, 3.05) is 0 Å². The number of aryl methyl sites for hydroxylation is 3. The third kappa shape index (κ3) is 5.56. The van der Waals surface area contributed by atoms with Gasteiger partial charge in [-0.1, -0.05) is 58.6 Å². The van der Waals surface area contributed by atoms with Crippen LogP contribution in [0.25, 0.3) is 0 Å². The van der Waals surface area contributed by atoms with Crippen molar-refractivity contribution >= 4 is 0 Å². The van der Waals surface area contributed by atoms with Crippen LogP contribution in [-0.4, -0.2) is 5.11 Å². The molecule has 1 heteroatoms. The predicted octanol–water partition coefficient (Wildman–Crippen LogP) is 5.81. The molecule has 0 aliphatic carbocycles. The van der Waals surface area contributed by atoms with Crippen LogP contribution >= 0.6 is 0 Å². The summed E-state index contributed by atoms with van der Waals surface area (Å²) in [6, 6.07) is 4.49. The summed E-state index contributed by atoms with van der Waals surface area (Å²) in [5, 5.41) is 10.4. The molecular formula is C19H32O. The molecule has 1 aromatic carbocycles. The van der Waals surface area contributed by atoms with Gasteiger partial charge in [-0.15, -0.1) is 0 Å². The molecule has 0 saturated heterocycles. The Hall–Kier alpha value is -0.980. The SMILES string of the molecule is CCCCCc1cc(CCCC)c(O)c(CCCC)c1. The molecule has 1 aromatic rings. The maximum atomic E-state index is 10.4. The number of hydrogen-bond donors (Lipinski definition) is 1. The Kier molecular flexibility index (Phi) is 8.41. The van der Waals surface area contributed by atoms with Gasteiger partial charge in [0, 0.05) is 0 Å². The third-order valence-electron chi connectivity index (χ3n) is 4.00. The standard InChI is InChI=1S/C19H32O/c1-4-7-10-11-16-14-17(12-8-5-2)19(20)18(15-16)13-9-6-3/h14-15,20H,4-13H2,1-3H3. The van der Waals surface area contributed by atoms with Crippen LogP contribution in [-0.2, 0) is 19.3 Å². The smallest absolute Gasteiger partial charge is 0.121 e. The van der Waals surface area contributed by atoms with Crippen LogP contribution < -0.4 is 0 Å². The zero-order valence-corrected chi connectivity index (χ0v) is 13.7. The molecule has 0 spiro atoms. The molecule has 0 unspecified atom stereocenters. The highest BCUT2D eigenvalue weighted by Gasteiger charge is 2.09. The maximum Gasteiger partial charge on any atom is 0.121 e. The van der Waals surface area contributed by atoms with E-state index in [1.54, 1.807) is 0 Å². The van der Waals surface area contributed by atoms with Gasteiger partial charge < -0.3 is 5.11 Å². The summed E-state index contributed by atoms with van der Waals surface area (Å²) in [7, 11) is 0. The molecule has 0 aliphatic heterocycles. The minimum absolute atomic E-state index is 0.575. The Bertz CT molecular complexity index is 352. The first-order valence-corrected chi connectivity index (χ1v) is 8.56. The fourth-order valence-corrected chi connectivity index (χ4v) is 2.67. The number of aromatic hydroxyl groups is 1. The van der Waals surface area contributed by atoms with Gasteiger partial charge in [0.25, 0.3) is 0 Å². The van der Waals surface area contributed by atoms with E-state index < -0.39 is 0 Å². The van der Waals surface area contributed by atoms with Crippen LogP contribution in [0.3, 0.4) is 0 Å². The van der Waals surface area contributed by atoms with Crippen LogP contribution in [0.5, 0.6) is 5.75 Å². The third-order valence-corrected chi connectivity index (χ3v) is 4.00. The second-order valence-electron chi connectivity index (χ2n) is 5.93. The number of phenolic OH excluding ortho intramolecular Hbond substituents is 1. The molecule has 0 fully saturated rings. The molecule has 0 aromatic heterocycles. The average Bonchev–Trinajstić information content (AvgIpc) is 2.46. The Morgan fingerprint density at radius 1 is 0.700 bits per heavy atom. The predicted molar refractivity (Wildman–Crippen MR) is 88.6 cm³/mol. The van der Waals surface area contributed by atoms with E-state index >= 15 is 0 Å². The summed E-state index contributed by atoms with van der Waals surface area (Å²) < 4.78 is 0. The first-order valence-electron chi connectivity index (χ1n) is 8.56. The van der Waals surface area contributed by atoms with Crippen molar-refractivity contribution in [3.8, 4) is 5.75 Å². The molecule has 0 saturated carbocycles. The molecule has 20 heavy (non-hydrogen) atoms. The number of phenols is 1. The van der Waals surface area contributed by atoms with Crippen LogP contribution in [0, 0.1) is 0 Å². The lowest BCUT2D eigenvalue weighted by atomic mass is 9.95. The summed E-state index contributed by atoms with van der Waals surface area (Å²) in [6.45, 7) is 6.66. The molecule has 0 atom stereocenters. The molecular weight excluding hydrogens is 244 g/mol. The van der Waals surface area contributed by atoms with Gasteiger partial charge in [0.15, 0.2) is 0 Å². The molecule has 0 radical (unpaired) electrons. The second-order valence-corrected chi connectivity index (χ2v) is 5.93. The molecule has 0 aliphatic rings. The highest BCUT2D eigenvalue weighted by atomic mass is 16.3. The topological polar surface area (TPSA) is 20.2 Å². The van der Waals surface area contributed by atoms with Crippen LogP contribution in [0.1, 0.15) is 82.4 Å². The van der Waals surface area contributed by atoms with E-state index in [2.05, 4.69) is 32.9 Å². The zero-order chi connectivity index (χ0) is 14.8. The lowest BCUT2D eigenvalue weighted by Gasteiger charge is -2.13. The Morgan fingerprint density at radius 2 is 1.20 bits per heavy atom. The van der Waals surface area contributed by atoms with Gasteiger partial charge in [-0.05, 0) is 55.2 Å². The van der Waals surface area contributed by atoms with E-state index in [-0.39, 0.29) is 0 Å². The van der Waals surface area contributed by atoms with Crippen molar-refractivity contribution in [3.05, 3.63) is 28.8 Å². The van der Waals surface area contributed by atoms with Crippen LogP contribution in [0.15, 0.2) is 12.1 Å². The molecule has 0 amide bonds. The van der Waals surface area contributed by atoms with E-state index in [0.717, 1.165) is 19.3 Å². The summed E-state index contributed by atoms with van der Waals surface area (Å²) in [5.41, 5.74) is 3.77. The van der Waals surface area contributed by atoms with Gasteiger partial charge in [-0.3, -0.25) is 0 Å². The van der Waals surface area contributed by atoms with Crippen molar-refractivity contribution in [1.29, 1.82) is 0 Å². The van der Waals surface area contributed by atoms with Crippen molar-refractivity contribution in [3.63, 3.8) is 0 Å². The van der Waals surface area contributed by atoms with E-state index in [9.17, 15) is 5.11 Å². The normalized spacial score (nSPS) is 10.9. The number of hydrogen-bond acceptors (Lipinski definition) is 1. The molecule has 1 nitrogen and oxygen atoms in total. The molecule has 0 heterocycles. The molecule has 1 rings (SSSR count). The zero-order valence-electron chi connectivity index (χ0n) is 13.7. The second kappa shape index (κ2) is 9.85. The summed E-state index contributed by atoms with van der Waals surface area (Å²) in [5.74, 6) is 0.575. The van der Waals surface area contributed by atoms with Gasteiger partial charge >= 0.3 is 0 Å². The quantitative estimate of drug-likeness (QED) is 0.535. The highest BCUT2D eigenvalue weighted by Crippen LogP contribution is 2.28. The first-order chi connectivity index (χ1) is 9.72. The largest absolute Gasteiger partial charge is 0.507 e. The van der Waals surface area contributed by atoms with Gasteiger partial charge in [-0.2, -0.15) is 0 Å². The fourth-order valence-electron chi connectivity index (χ4n) is 2.67. The van der Waals surface area contributed by atoms with Crippen LogP contribution in [0.2, 0.25) is 0 Å². The summed E-state index contributed by atoms with van der Waals surface area (Å²) >= 11 is 0. The number of benzene rings is 1. The van der Waals surface area contributed by atoms with Crippen molar-refractivity contribution in [2.24, 2.45) is 0 Å². The van der Waals surface area contributed by atoms with Gasteiger partial charge in [-0.25, -0.2) is 0 Å². The molecule has 1 N–H and O–H groups in total. The minimum Gasteiger partial charge on any atom is -0.507 e. The van der Waals surface area contributed by atoms with Gasteiger partial charge in [0.05, 0.1) is 0 Å². The highest BCUT2D eigenvalue weighted by molar-refractivity contribution is 5.44. The summed E-state index contributed by atoms with van der Waals surface area (Å²) in [4.78, 5) is 0. The molecule has 114 valence electrons. The fraction of sp³-hybridized carbons (Fsp3) is 0.684. The van der Waals surface area contributed by atoms with Gasteiger partial charge in [0.1, 0.15) is 5.75 Å². The lowest BCUT2D eigenvalue weighted by Crippen LogP contribution is -1.97. The maximum absolute atomic E-state index is 10.4. The van der Waals surface area contributed by atoms with Crippen molar-refractivity contribution in [2.45, 2.75) is 85.0 Å². The average molecular weight is 276 g/mol. The minimum atomic E-state index is 0.575. The Labute approximate surface area is 125 Å². The van der Waals surface area contributed by atoms with Crippen molar-refractivity contribution in [1.82, 2.24) is 0 Å².